The van der Waals surface area contributed by atoms with E-state index in [0.717, 1.165) is 28.6 Å². The first kappa shape index (κ1) is 15.4. The van der Waals surface area contributed by atoms with Crippen LogP contribution in [-0.2, 0) is 6.18 Å². The van der Waals surface area contributed by atoms with Crippen molar-refractivity contribution in [2.45, 2.75) is 6.18 Å². The van der Waals surface area contributed by atoms with Crippen LogP contribution in [0.5, 0.6) is 0 Å². The van der Waals surface area contributed by atoms with Crippen molar-refractivity contribution in [3.8, 4) is 0 Å². The molecule has 7 heteroatoms. The van der Waals surface area contributed by atoms with E-state index in [9.17, 15) is 13.2 Å². The fourth-order valence-electron chi connectivity index (χ4n) is 2.16. The first-order valence-electron chi connectivity index (χ1n) is 6.67. The highest BCUT2D eigenvalue weighted by Gasteiger charge is 2.30. The summed E-state index contributed by atoms with van der Waals surface area (Å²) in [5.74, 6) is 0. The van der Waals surface area contributed by atoms with Crippen LogP contribution in [0.15, 0.2) is 53.8 Å². The summed E-state index contributed by atoms with van der Waals surface area (Å²) >= 11 is 5.89. The van der Waals surface area contributed by atoms with Crippen molar-refractivity contribution in [3.05, 3.63) is 64.8 Å². The Morgan fingerprint density at radius 2 is 1.91 bits per heavy atom. The van der Waals surface area contributed by atoms with E-state index in [-0.39, 0.29) is 10.7 Å². The molecule has 1 heterocycles. The van der Waals surface area contributed by atoms with E-state index in [1.807, 2.05) is 24.3 Å². The van der Waals surface area contributed by atoms with Gasteiger partial charge in [-0.15, -0.1) is 0 Å². The first-order chi connectivity index (χ1) is 10.9. The Hall–Kier alpha value is -2.47. The highest BCUT2D eigenvalue weighted by atomic mass is 35.5. The summed E-state index contributed by atoms with van der Waals surface area (Å²) in [5.41, 5.74) is 3.63. The monoisotopic (exact) mass is 337 g/mol. The maximum atomic E-state index is 12.7. The van der Waals surface area contributed by atoms with E-state index in [4.69, 9.17) is 11.6 Å². The molecule has 0 saturated heterocycles. The predicted molar refractivity (Wildman–Crippen MR) is 86.0 cm³/mol. The molecular formula is C16H11ClF3N3. The number of alkyl halides is 3. The number of fused-ring (bicyclic) bond motifs is 1. The van der Waals surface area contributed by atoms with Crippen molar-refractivity contribution >= 4 is 34.4 Å². The zero-order valence-electron chi connectivity index (χ0n) is 11.7. The minimum atomic E-state index is -4.43. The Balaban J connectivity index is 1.83. The van der Waals surface area contributed by atoms with Gasteiger partial charge in [0.1, 0.15) is 0 Å². The number of halogens is 4. The average Bonchev–Trinajstić information content (AvgIpc) is 2.91. The Morgan fingerprint density at radius 3 is 2.70 bits per heavy atom. The van der Waals surface area contributed by atoms with Crippen LogP contribution >= 0.6 is 11.6 Å². The van der Waals surface area contributed by atoms with Gasteiger partial charge in [-0.1, -0.05) is 29.8 Å². The summed E-state index contributed by atoms with van der Waals surface area (Å²) in [6.07, 6.45) is -1.14. The molecule has 0 saturated carbocycles. The summed E-state index contributed by atoms with van der Waals surface area (Å²) < 4.78 is 38.1. The number of para-hydroxylation sites is 1. The molecule has 3 aromatic rings. The number of hydrogen-bond donors (Lipinski definition) is 2. The van der Waals surface area contributed by atoms with Crippen LogP contribution < -0.4 is 5.43 Å². The topological polar surface area (TPSA) is 40.2 Å². The van der Waals surface area contributed by atoms with Gasteiger partial charge in [0, 0.05) is 22.7 Å². The van der Waals surface area contributed by atoms with Crippen molar-refractivity contribution < 1.29 is 13.2 Å². The normalized spacial score (nSPS) is 12.2. The van der Waals surface area contributed by atoms with Gasteiger partial charge in [-0.05, 0) is 24.3 Å². The first-order valence-corrected chi connectivity index (χ1v) is 7.05. The lowest BCUT2D eigenvalue weighted by atomic mass is 10.2. The largest absolute Gasteiger partial charge is 0.416 e. The second-order valence-corrected chi connectivity index (χ2v) is 5.26. The standard InChI is InChI=1S/C16H11ClF3N3/c17-13-6-5-11(16(18,19)20)7-15(13)23-22-9-10-8-21-14-4-2-1-3-12(10)14/h1-9,21,23H/b22-9+. The summed E-state index contributed by atoms with van der Waals surface area (Å²) in [4.78, 5) is 3.08. The Kier molecular flexibility index (Phi) is 4.00. The molecule has 0 bridgehead atoms. The molecule has 0 radical (unpaired) electrons. The minimum absolute atomic E-state index is 0.0950. The average molecular weight is 338 g/mol. The minimum Gasteiger partial charge on any atom is -0.361 e. The van der Waals surface area contributed by atoms with Crippen molar-refractivity contribution in [3.63, 3.8) is 0 Å². The molecule has 23 heavy (non-hydrogen) atoms. The summed E-state index contributed by atoms with van der Waals surface area (Å²) in [6, 6.07) is 10.7. The van der Waals surface area contributed by atoms with Crippen LogP contribution in [-0.4, -0.2) is 11.2 Å². The molecule has 0 spiro atoms. The molecule has 1 aromatic heterocycles. The number of benzene rings is 2. The van der Waals surface area contributed by atoms with Gasteiger partial charge >= 0.3 is 6.18 Å². The molecule has 2 N–H and O–H groups in total. The number of nitrogens with zero attached hydrogens (tertiary/aromatic N) is 1. The van der Waals surface area contributed by atoms with Crippen LogP contribution in [0, 0.1) is 0 Å². The molecule has 0 unspecified atom stereocenters. The summed E-state index contributed by atoms with van der Waals surface area (Å²) in [5, 5.41) is 5.10. The van der Waals surface area contributed by atoms with Gasteiger partial charge < -0.3 is 4.98 Å². The highest BCUT2D eigenvalue weighted by Crippen LogP contribution is 2.33. The number of aromatic amines is 1. The third-order valence-corrected chi connectivity index (χ3v) is 3.63. The van der Waals surface area contributed by atoms with Gasteiger partial charge in [0.25, 0.3) is 0 Å². The van der Waals surface area contributed by atoms with Crippen LogP contribution in [0.4, 0.5) is 18.9 Å². The van der Waals surface area contributed by atoms with Gasteiger partial charge in [-0.2, -0.15) is 18.3 Å². The third kappa shape index (κ3) is 3.32. The molecule has 118 valence electrons. The van der Waals surface area contributed by atoms with Crippen LogP contribution in [0.1, 0.15) is 11.1 Å². The van der Waals surface area contributed by atoms with E-state index < -0.39 is 11.7 Å². The fourth-order valence-corrected chi connectivity index (χ4v) is 2.32. The number of hydrazone groups is 1. The van der Waals surface area contributed by atoms with Crippen molar-refractivity contribution in [2.24, 2.45) is 5.10 Å². The molecule has 0 aliphatic heterocycles. The zero-order valence-corrected chi connectivity index (χ0v) is 12.4. The number of hydrogen-bond acceptors (Lipinski definition) is 2. The van der Waals surface area contributed by atoms with Crippen LogP contribution in [0.25, 0.3) is 10.9 Å². The maximum Gasteiger partial charge on any atom is 0.416 e. The molecule has 0 amide bonds. The van der Waals surface area contributed by atoms with Crippen molar-refractivity contribution in [1.29, 1.82) is 0 Å². The van der Waals surface area contributed by atoms with Crippen LogP contribution in [0.3, 0.4) is 0 Å². The van der Waals surface area contributed by atoms with Crippen molar-refractivity contribution in [1.82, 2.24) is 4.98 Å². The number of aromatic nitrogens is 1. The Bertz CT molecular complexity index is 868. The second kappa shape index (κ2) is 5.96. The molecule has 2 aromatic carbocycles. The maximum absolute atomic E-state index is 12.7. The summed E-state index contributed by atoms with van der Waals surface area (Å²) in [6.45, 7) is 0. The van der Waals surface area contributed by atoms with Gasteiger partial charge in [0.05, 0.1) is 22.5 Å². The van der Waals surface area contributed by atoms with Gasteiger partial charge in [0.2, 0.25) is 0 Å². The Morgan fingerprint density at radius 1 is 1.13 bits per heavy atom. The molecule has 0 aliphatic carbocycles. The summed E-state index contributed by atoms with van der Waals surface area (Å²) in [7, 11) is 0. The molecule has 0 atom stereocenters. The number of nitrogens with one attached hydrogen (secondary N) is 2. The zero-order chi connectivity index (χ0) is 16.4. The quantitative estimate of drug-likeness (QED) is 0.495. The predicted octanol–water partition coefficient (Wildman–Crippen LogP) is 5.29. The lowest BCUT2D eigenvalue weighted by Crippen LogP contribution is -2.05. The lowest BCUT2D eigenvalue weighted by Gasteiger charge is -2.09. The van der Waals surface area contributed by atoms with E-state index in [1.165, 1.54) is 12.3 Å². The van der Waals surface area contributed by atoms with Gasteiger partial charge in [0.15, 0.2) is 0 Å². The van der Waals surface area contributed by atoms with E-state index >= 15 is 0 Å². The van der Waals surface area contributed by atoms with Gasteiger partial charge in [-0.3, -0.25) is 5.43 Å². The number of rotatable bonds is 3. The third-order valence-electron chi connectivity index (χ3n) is 3.30. The number of anilines is 1. The SMILES string of the molecule is FC(F)(F)c1ccc(Cl)c(N/N=C/c2c[nH]c3ccccc23)c1. The second-order valence-electron chi connectivity index (χ2n) is 4.85. The Labute approximate surface area is 134 Å². The number of H-pyrrole nitrogens is 1. The van der Waals surface area contributed by atoms with Crippen LogP contribution in [0.2, 0.25) is 5.02 Å². The van der Waals surface area contributed by atoms with E-state index in [2.05, 4.69) is 15.5 Å². The molecule has 3 nitrogen and oxygen atoms in total. The van der Waals surface area contributed by atoms with Crippen molar-refractivity contribution in [2.75, 3.05) is 5.43 Å². The highest BCUT2D eigenvalue weighted by molar-refractivity contribution is 6.33. The van der Waals surface area contributed by atoms with Gasteiger partial charge in [-0.25, -0.2) is 0 Å². The lowest BCUT2D eigenvalue weighted by molar-refractivity contribution is -0.137. The smallest absolute Gasteiger partial charge is 0.361 e. The molecule has 3 rings (SSSR count). The van der Waals surface area contributed by atoms with E-state index in [0.29, 0.717) is 0 Å². The molecule has 0 fully saturated rings. The molecular weight excluding hydrogens is 327 g/mol. The fraction of sp³-hybridized carbons (Fsp3) is 0.0625. The van der Waals surface area contributed by atoms with E-state index in [1.54, 1.807) is 6.20 Å². The molecule has 0 aliphatic rings.